The third-order valence-electron chi connectivity index (χ3n) is 6.52. The summed E-state index contributed by atoms with van der Waals surface area (Å²) in [5.41, 5.74) is 0. The average molecular weight is 436 g/mol. The number of carbonyl (C=O) groups is 2. The van der Waals surface area contributed by atoms with Crippen LogP contribution >= 0.6 is 0 Å². The van der Waals surface area contributed by atoms with Gasteiger partial charge in [-0.05, 0) is 37.1 Å². The lowest BCUT2D eigenvalue weighted by molar-refractivity contribution is -0.137. The van der Waals surface area contributed by atoms with Gasteiger partial charge in [0.05, 0.1) is 17.9 Å². The summed E-state index contributed by atoms with van der Waals surface area (Å²) < 4.78 is 32.3. The normalized spacial score (nSPS) is 23.9. The van der Waals surface area contributed by atoms with Gasteiger partial charge in [-0.3, -0.25) is 9.59 Å². The first-order valence-electron chi connectivity index (χ1n) is 10.6. The van der Waals surface area contributed by atoms with Gasteiger partial charge in [-0.2, -0.15) is 4.31 Å². The zero-order chi connectivity index (χ0) is 21.3. The molecule has 2 heterocycles. The molecule has 0 bridgehead atoms. The van der Waals surface area contributed by atoms with Gasteiger partial charge in [0.25, 0.3) is 0 Å². The van der Waals surface area contributed by atoms with Gasteiger partial charge < -0.3 is 14.5 Å². The molecule has 2 saturated heterocycles. The van der Waals surface area contributed by atoms with Gasteiger partial charge >= 0.3 is 0 Å². The number of piperazine rings is 1. The Hall–Kier alpha value is -2.13. The van der Waals surface area contributed by atoms with Crippen LogP contribution in [0.25, 0.3) is 0 Å². The third-order valence-corrected chi connectivity index (χ3v) is 8.43. The van der Waals surface area contributed by atoms with Crippen LogP contribution in [0.4, 0.5) is 0 Å². The maximum absolute atomic E-state index is 13.0. The van der Waals surface area contributed by atoms with Crippen molar-refractivity contribution in [2.45, 2.75) is 43.0 Å². The highest BCUT2D eigenvalue weighted by Gasteiger charge is 2.41. The Kier molecular flexibility index (Phi) is 6.02. The molecule has 1 unspecified atom stereocenters. The Balaban J connectivity index is 1.34. The number of benzene rings is 1. The molecular formula is C21H29N3O5S. The number of likely N-dealkylation sites (tertiary alicyclic amines) is 1. The second-order valence-corrected chi connectivity index (χ2v) is 10.2. The molecule has 8 nitrogen and oxygen atoms in total. The number of carbonyl (C=O) groups excluding carboxylic acids is 2. The Morgan fingerprint density at radius 3 is 2.27 bits per heavy atom. The Morgan fingerprint density at radius 2 is 1.67 bits per heavy atom. The molecule has 164 valence electrons. The first-order chi connectivity index (χ1) is 14.4. The van der Waals surface area contributed by atoms with Crippen molar-refractivity contribution in [1.29, 1.82) is 0 Å². The van der Waals surface area contributed by atoms with Gasteiger partial charge in [0, 0.05) is 45.2 Å². The van der Waals surface area contributed by atoms with Crippen LogP contribution in [0.1, 0.15) is 32.1 Å². The smallest absolute Gasteiger partial charge is 0.243 e. The number of methoxy groups -OCH3 is 1. The topological polar surface area (TPSA) is 87.2 Å². The van der Waals surface area contributed by atoms with E-state index in [0.717, 1.165) is 25.7 Å². The van der Waals surface area contributed by atoms with Crippen molar-refractivity contribution >= 4 is 21.8 Å². The van der Waals surface area contributed by atoms with Crippen LogP contribution in [0.15, 0.2) is 29.2 Å². The van der Waals surface area contributed by atoms with E-state index in [0.29, 0.717) is 31.4 Å². The van der Waals surface area contributed by atoms with Crippen molar-refractivity contribution in [2.24, 2.45) is 5.92 Å². The molecule has 1 aromatic carbocycles. The molecule has 3 fully saturated rings. The molecule has 2 aliphatic heterocycles. The minimum absolute atomic E-state index is 0.0228. The highest BCUT2D eigenvalue weighted by atomic mass is 32.2. The van der Waals surface area contributed by atoms with E-state index in [1.807, 2.05) is 4.90 Å². The molecule has 9 heteroatoms. The average Bonchev–Trinajstić information content (AvgIpc) is 3.43. The lowest BCUT2D eigenvalue weighted by Crippen LogP contribution is -2.52. The number of hydrogen-bond donors (Lipinski definition) is 0. The molecule has 0 radical (unpaired) electrons. The van der Waals surface area contributed by atoms with Crippen LogP contribution in [-0.2, 0) is 19.6 Å². The number of hydrogen-bond acceptors (Lipinski definition) is 5. The Morgan fingerprint density at radius 1 is 1.03 bits per heavy atom. The first kappa shape index (κ1) is 21.1. The maximum Gasteiger partial charge on any atom is 0.243 e. The monoisotopic (exact) mass is 435 g/mol. The first-order valence-corrected chi connectivity index (χ1v) is 12.1. The Bertz CT molecular complexity index is 888. The molecule has 3 aliphatic rings. The zero-order valence-electron chi connectivity index (χ0n) is 17.3. The quantitative estimate of drug-likeness (QED) is 0.696. The van der Waals surface area contributed by atoms with E-state index in [1.165, 1.54) is 23.5 Å². The van der Waals surface area contributed by atoms with E-state index in [9.17, 15) is 18.0 Å². The summed E-state index contributed by atoms with van der Waals surface area (Å²) in [4.78, 5) is 29.2. The fraction of sp³-hybridized carbons (Fsp3) is 0.619. The summed E-state index contributed by atoms with van der Waals surface area (Å²) in [6.45, 7) is 1.72. The van der Waals surface area contributed by atoms with Gasteiger partial charge in [0.15, 0.2) is 0 Å². The minimum Gasteiger partial charge on any atom is -0.497 e. The van der Waals surface area contributed by atoms with Gasteiger partial charge in [-0.25, -0.2) is 8.42 Å². The molecule has 1 aromatic rings. The van der Waals surface area contributed by atoms with E-state index in [4.69, 9.17) is 4.74 Å². The third kappa shape index (κ3) is 4.05. The summed E-state index contributed by atoms with van der Waals surface area (Å²) in [7, 11) is -2.07. The van der Waals surface area contributed by atoms with E-state index < -0.39 is 10.0 Å². The zero-order valence-corrected chi connectivity index (χ0v) is 18.1. The highest BCUT2D eigenvalue weighted by Crippen LogP contribution is 2.30. The molecule has 0 N–H and O–H groups in total. The summed E-state index contributed by atoms with van der Waals surface area (Å²) in [5, 5.41) is 0. The predicted molar refractivity (Wildman–Crippen MR) is 110 cm³/mol. The van der Waals surface area contributed by atoms with Crippen LogP contribution in [0.5, 0.6) is 5.75 Å². The standard InChI is InChI=1S/C21H29N3O5S/c1-29-18-6-8-19(9-7-18)30(27,28)23-12-10-22(11-13-23)21(26)16-14-20(25)24(15-16)17-4-2-3-5-17/h6-9,16-17H,2-5,10-15H2,1H3. The second kappa shape index (κ2) is 8.55. The molecule has 2 amide bonds. The van der Waals surface area contributed by atoms with Gasteiger partial charge in [0.1, 0.15) is 5.75 Å². The van der Waals surface area contributed by atoms with Crippen molar-refractivity contribution in [3.63, 3.8) is 0 Å². The van der Waals surface area contributed by atoms with Crippen LogP contribution in [-0.4, -0.2) is 80.2 Å². The van der Waals surface area contributed by atoms with Crippen molar-refractivity contribution < 1.29 is 22.7 Å². The Labute approximate surface area is 177 Å². The van der Waals surface area contributed by atoms with Crippen molar-refractivity contribution in [2.75, 3.05) is 39.8 Å². The van der Waals surface area contributed by atoms with E-state index in [1.54, 1.807) is 17.0 Å². The lowest BCUT2D eigenvalue weighted by atomic mass is 10.1. The van der Waals surface area contributed by atoms with Gasteiger partial charge in [-0.1, -0.05) is 12.8 Å². The summed E-state index contributed by atoms with van der Waals surface area (Å²) in [6, 6.07) is 6.61. The molecule has 1 atom stereocenters. The molecule has 30 heavy (non-hydrogen) atoms. The lowest BCUT2D eigenvalue weighted by Gasteiger charge is -2.35. The van der Waals surface area contributed by atoms with Crippen molar-refractivity contribution in [3.8, 4) is 5.75 Å². The summed E-state index contributed by atoms with van der Waals surface area (Å²) in [6.07, 6.45) is 4.65. The summed E-state index contributed by atoms with van der Waals surface area (Å²) in [5.74, 6) is 0.358. The van der Waals surface area contributed by atoms with Crippen LogP contribution < -0.4 is 4.74 Å². The van der Waals surface area contributed by atoms with Crippen molar-refractivity contribution in [1.82, 2.24) is 14.1 Å². The molecule has 1 aliphatic carbocycles. The number of nitrogens with zero attached hydrogens (tertiary/aromatic N) is 3. The number of amides is 2. The van der Waals surface area contributed by atoms with Crippen molar-refractivity contribution in [3.05, 3.63) is 24.3 Å². The SMILES string of the molecule is COc1ccc(S(=O)(=O)N2CCN(C(=O)C3CC(=O)N(C4CCCC4)C3)CC2)cc1. The minimum atomic E-state index is -3.61. The fourth-order valence-corrected chi connectivity index (χ4v) is 6.19. The van der Waals surface area contributed by atoms with Crippen LogP contribution in [0, 0.1) is 5.92 Å². The molecule has 0 aromatic heterocycles. The second-order valence-electron chi connectivity index (χ2n) is 8.29. The molecule has 4 rings (SSSR count). The molecular weight excluding hydrogens is 406 g/mol. The van der Waals surface area contributed by atoms with E-state index in [-0.39, 0.29) is 42.1 Å². The fourth-order valence-electron chi connectivity index (χ4n) is 4.77. The summed E-state index contributed by atoms with van der Waals surface area (Å²) >= 11 is 0. The largest absolute Gasteiger partial charge is 0.497 e. The number of sulfonamides is 1. The van der Waals surface area contributed by atoms with E-state index >= 15 is 0 Å². The number of rotatable bonds is 5. The van der Waals surface area contributed by atoms with Crippen LogP contribution in [0.3, 0.4) is 0 Å². The van der Waals surface area contributed by atoms with E-state index in [2.05, 4.69) is 0 Å². The van der Waals surface area contributed by atoms with Crippen LogP contribution in [0.2, 0.25) is 0 Å². The molecule has 0 spiro atoms. The van der Waals surface area contributed by atoms with Gasteiger partial charge in [0.2, 0.25) is 21.8 Å². The predicted octanol–water partition coefficient (Wildman–Crippen LogP) is 1.32. The van der Waals surface area contributed by atoms with Gasteiger partial charge in [-0.15, -0.1) is 0 Å². The number of ether oxygens (including phenoxy) is 1. The molecule has 1 saturated carbocycles. The highest BCUT2D eigenvalue weighted by molar-refractivity contribution is 7.89. The maximum atomic E-state index is 13.0.